The molecule has 0 saturated carbocycles. The van der Waals surface area contributed by atoms with Crippen LogP contribution in [-0.4, -0.2) is 27.3 Å². The van der Waals surface area contributed by atoms with Gasteiger partial charge in [0.25, 0.3) is 0 Å². The van der Waals surface area contributed by atoms with Crippen LogP contribution in [0.3, 0.4) is 0 Å². The number of hydrogen-bond acceptors (Lipinski definition) is 4. The van der Waals surface area contributed by atoms with Crippen molar-refractivity contribution in [1.82, 2.24) is 0 Å². The Bertz CT molecular complexity index is 387. The summed E-state index contributed by atoms with van der Waals surface area (Å²) in [6, 6.07) is 5.40. The Balaban J connectivity index is 3.19. The second-order valence-corrected chi connectivity index (χ2v) is 3.59. The molecule has 0 fully saturated rings. The SMILES string of the molecule is CCC(C(=O)OC)c1cc(OC)ccc1OC. The molecular formula is C13H18O4. The molecule has 0 bridgehead atoms. The number of methoxy groups -OCH3 is 3. The molecule has 17 heavy (non-hydrogen) atoms. The van der Waals surface area contributed by atoms with Gasteiger partial charge in [-0.3, -0.25) is 4.79 Å². The lowest BCUT2D eigenvalue weighted by Gasteiger charge is -2.17. The first-order chi connectivity index (χ1) is 8.17. The molecule has 0 aliphatic carbocycles. The van der Waals surface area contributed by atoms with Crippen LogP contribution in [0.5, 0.6) is 11.5 Å². The molecular weight excluding hydrogens is 220 g/mol. The van der Waals surface area contributed by atoms with Crippen molar-refractivity contribution in [1.29, 1.82) is 0 Å². The van der Waals surface area contributed by atoms with E-state index in [9.17, 15) is 4.79 Å². The zero-order valence-electron chi connectivity index (χ0n) is 10.6. The van der Waals surface area contributed by atoms with Gasteiger partial charge in [0.05, 0.1) is 27.2 Å². The van der Waals surface area contributed by atoms with Gasteiger partial charge in [-0.1, -0.05) is 6.92 Å². The lowest BCUT2D eigenvalue weighted by Crippen LogP contribution is -2.14. The summed E-state index contributed by atoms with van der Waals surface area (Å²) in [4.78, 5) is 11.7. The van der Waals surface area contributed by atoms with Crippen LogP contribution in [0, 0.1) is 0 Å². The molecule has 1 aromatic rings. The van der Waals surface area contributed by atoms with Crippen molar-refractivity contribution in [2.45, 2.75) is 19.3 Å². The second kappa shape index (κ2) is 6.13. The van der Waals surface area contributed by atoms with Crippen LogP contribution in [0.25, 0.3) is 0 Å². The molecule has 4 nitrogen and oxygen atoms in total. The van der Waals surface area contributed by atoms with E-state index in [2.05, 4.69) is 0 Å². The molecule has 4 heteroatoms. The lowest BCUT2D eigenvalue weighted by atomic mass is 9.95. The van der Waals surface area contributed by atoms with E-state index in [4.69, 9.17) is 14.2 Å². The van der Waals surface area contributed by atoms with E-state index >= 15 is 0 Å². The summed E-state index contributed by atoms with van der Waals surface area (Å²) < 4.78 is 15.2. The minimum Gasteiger partial charge on any atom is -0.497 e. The van der Waals surface area contributed by atoms with Gasteiger partial charge in [-0.25, -0.2) is 0 Å². The maximum atomic E-state index is 11.7. The predicted molar refractivity (Wildman–Crippen MR) is 64.6 cm³/mol. The highest BCUT2D eigenvalue weighted by molar-refractivity contribution is 5.79. The summed E-state index contributed by atoms with van der Waals surface area (Å²) in [6.45, 7) is 1.93. The third kappa shape index (κ3) is 2.90. The van der Waals surface area contributed by atoms with Gasteiger partial charge < -0.3 is 14.2 Å². The summed E-state index contributed by atoms with van der Waals surface area (Å²) in [7, 11) is 4.55. The predicted octanol–water partition coefficient (Wildman–Crippen LogP) is 2.37. The Labute approximate surface area is 101 Å². The molecule has 0 aliphatic rings. The van der Waals surface area contributed by atoms with Crippen molar-refractivity contribution < 1.29 is 19.0 Å². The first-order valence-electron chi connectivity index (χ1n) is 5.47. The van der Waals surface area contributed by atoms with E-state index in [0.29, 0.717) is 17.9 Å². The quantitative estimate of drug-likeness (QED) is 0.739. The number of ether oxygens (including phenoxy) is 3. The summed E-state index contributed by atoms with van der Waals surface area (Å²) in [6.07, 6.45) is 0.649. The normalized spacial score (nSPS) is 11.8. The third-order valence-electron chi connectivity index (χ3n) is 2.71. The number of rotatable bonds is 5. The van der Waals surface area contributed by atoms with Crippen molar-refractivity contribution in [2.75, 3.05) is 21.3 Å². The van der Waals surface area contributed by atoms with Gasteiger partial charge in [0.1, 0.15) is 11.5 Å². The van der Waals surface area contributed by atoms with Gasteiger partial charge in [-0.15, -0.1) is 0 Å². The summed E-state index contributed by atoms with van der Waals surface area (Å²) >= 11 is 0. The van der Waals surface area contributed by atoms with Crippen molar-refractivity contribution >= 4 is 5.97 Å². The molecule has 0 heterocycles. The van der Waals surface area contributed by atoms with Crippen LogP contribution in [0.1, 0.15) is 24.8 Å². The maximum Gasteiger partial charge on any atom is 0.313 e. The van der Waals surface area contributed by atoms with Crippen LogP contribution in [0.15, 0.2) is 18.2 Å². The van der Waals surface area contributed by atoms with E-state index < -0.39 is 0 Å². The zero-order valence-corrected chi connectivity index (χ0v) is 10.6. The lowest BCUT2D eigenvalue weighted by molar-refractivity contribution is -0.142. The largest absolute Gasteiger partial charge is 0.497 e. The van der Waals surface area contributed by atoms with Crippen molar-refractivity contribution in [3.05, 3.63) is 23.8 Å². The zero-order chi connectivity index (χ0) is 12.8. The highest BCUT2D eigenvalue weighted by Gasteiger charge is 2.23. The second-order valence-electron chi connectivity index (χ2n) is 3.59. The number of carbonyl (C=O) groups is 1. The molecule has 94 valence electrons. The fraction of sp³-hybridized carbons (Fsp3) is 0.462. The van der Waals surface area contributed by atoms with Crippen LogP contribution in [0.2, 0.25) is 0 Å². The average Bonchev–Trinajstić information content (AvgIpc) is 2.39. The molecule has 1 atom stereocenters. The number of carbonyl (C=O) groups excluding carboxylic acids is 1. The van der Waals surface area contributed by atoms with Gasteiger partial charge in [-0.2, -0.15) is 0 Å². The monoisotopic (exact) mass is 238 g/mol. The van der Waals surface area contributed by atoms with Gasteiger partial charge >= 0.3 is 5.97 Å². The van der Waals surface area contributed by atoms with E-state index in [-0.39, 0.29) is 11.9 Å². The van der Waals surface area contributed by atoms with Crippen molar-refractivity contribution in [3.8, 4) is 11.5 Å². The molecule has 0 radical (unpaired) electrons. The molecule has 0 saturated heterocycles. The first-order valence-corrected chi connectivity index (χ1v) is 5.47. The van der Waals surface area contributed by atoms with Crippen LogP contribution >= 0.6 is 0 Å². The van der Waals surface area contributed by atoms with Crippen molar-refractivity contribution in [2.24, 2.45) is 0 Å². The minimum atomic E-state index is -0.329. The highest BCUT2D eigenvalue weighted by atomic mass is 16.5. The fourth-order valence-corrected chi connectivity index (χ4v) is 1.77. The molecule has 0 N–H and O–H groups in total. The Morgan fingerprint density at radius 3 is 2.41 bits per heavy atom. The van der Waals surface area contributed by atoms with Gasteiger partial charge in [-0.05, 0) is 24.6 Å². The molecule has 1 unspecified atom stereocenters. The Hall–Kier alpha value is -1.71. The van der Waals surface area contributed by atoms with Gasteiger partial charge in [0.15, 0.2) is 0 Å². The van der Waals surface area contributed by atoms with E-state index in [1.54, 1.807) is 26.4 Å². The van der Waals surface area contributed by atoms with Crippen LogP contribution in [-0.2, 0) is 9.53 Å². The third-order valence-corrected chi connectivity index (χ3v) is 2.71. The highest BCUT2D eigenvalue weighted by Crippen LogP contribution is 2.33. The number of benzene rings is 1. The smallest absolute Gasteiger partial charge is 0.313 e. The number of hydrogen-bond donors (Lipinski definition) is 0. The Morgan fingerprint density at radius 2 is 1.94 bits per heavy atom. The van der Waals surface area contributed by atoms with E-state index in [0.717, 1.165) is 5.56 Å². The van der Waals surface area contributed by atoms with E-state index in [1.165, 1.54) is 7.11 Å². The summed E-state index contributed by atoms with van der Waals surface area (Å²) in [5.41, 5.74) is 0.793. The van der Waals surface area contributed by atoms with Crippen molar-refractivity contribution in [3.63, 3.8) is 0 Å². The average molecular weight is 238 g/mol. The maximum absolute atomic E-state index is 11.7. The summed E-state index contributed by atoms with van der Waals surface area (Å²) in [5, 5.41) is 0. The molecule has 0 aromatic heterocycles. The topological polar surface area (TPSA) is 44.8 Å². The van der Waals surface area contributed by atoms with Gasteiger partial charge in [0.2, 0.25) is 0 Å². The van der Waals surface area contributed by atoms with E-state index in [1.807, 2.05) is 13.0 Å². The van der Waals surface area contributed by atoms with Crippen LogP contribution < -0.4 is 9.47 Å². The molecule has 1 aromatic carbocycles. The van der Waals surface area contributed by atoms with Gasteiger partial charge in [0, 0.05) is 5.56 Å². The number of esters is 1. The van der Waals surface area contributed by atoms with Crippen LogP contribution in [0.4, 0.5) is 0 Å². The molecule has 1 rings (SSSR count). The molecule has 0 spiro atoms. The molecule has 0 amide bonds. The standard InChI is InChI=1S/C13H18O4/c1-5-10(13(14)17-4)11-8-9(15-2)6-7-12(11)16-3/h6-8,10H,5H2,1-4H3. The minimum absolute atomic E-state index is 0.265. The summed E-state index contributed by atoms with van der Waals surface area (Å²) in [5.74, 6) is 0.773. The Kier molecular flexibility index (Phi) is 4.82. The fourth-order valence-electron chi connectivity index (χ4n) is 1.77. The first kappa shape index (κ1) is 13.4. The Morgan fingerprint density at radius 1 is 1.24 bits per heavy atom. The molecule has 0 aliphatic heterocycles.